The standard InChI is InChI=1S/C18H18ClN5O/c1-24-17(7-15(23-24)12-2-3-12)25-16-6-13(19)4-5-14(16)18-21-9-11(8-20)10-22-18/h4-7,9-10,12H,2-3,8,20H2,1H3. The van der Waals surface area contributed by atoms with E-state index in [9.17, 15) is 0 Å². The highest BCUT2D eigenvalue weighted by molar-refractivity contribution is 6.30. The molecule has 7 heteroatoms. The van der Waals surface area contributed by atoms with Gasteiger partial charge in [-0.1, -0.05) is 11.6 Å². The minimum Gasteiger partial charge on any atom is -0.438 e. The smallest absolute Gasteiger partial charge is 0.217 e. The highest BCUT2D eigenvalue weighted by atomic mass is 35.5. The fraction of sp³-hybridized carbons (Fsp3) is 0.278. The molecule has 2 N–H and O–H groups in total. The maximum atomic E-state index is 6.16. The Bertz CT molecular complexity index is 902. The first-order chi connectivity index (χ1) is 12.1. The Balaban J connectivity index is 1.69. The van der Waals surface area contributed by atoms with Crippen LogP contribution in [0.1, 0.15) is 30.0 Å². The zero-order valence-electron chi connectivity index (χ0n) is 13.8. The number of aromatic nitrogens is 4. The van der Waals surface area contributed by atoms with Gasteiger partial charge in [-0.25, -0.2) is 14.6 Å². The van der Waals surface area contributed by atoms with Gasteiger partial charge < -0.3 is 10.5 Å². The Hall–Kier alpha value is -2.44. The Labute approximate surface area is 150 Å². The van der Waals surface area contributed by atoms with Gasteiger partial charge in [-0.05, 0) is 25.0 Å². The minimum atomic E-state index is 0.406. The predicted octanol–water partition coefficient (Wildman–Crippen LogP) is 3.66. The third-order valence-electron chi connectivity index (χ3n) is 4.19. The molecule has 1 aromatic carbocycles. The summed E-state index contributed by atoms with van der Waals surface area (Å²) >= 11 is 6.16. The van der Waals surface area contributed by atoms with Crippen molar-refractivity contribution in [1.82, 2.24) is 19.7 Å². The predicted molar refractivity (Wildman–Crippen MR) is 95.6 cm³/mol. The Kier molecular flexibility index (Phi) is 4.15. The van der Waals surface area contributed by atoms with E-state index in [1.165, 1.54) is 12.8 Å². The van der Waals surface area contributed by atoms with E-state index in [0.29, 0.717) is 34.9 Å². The Morgan fingerprint density at radius 3 is 2.68 bits per heavy atom. The lowest BCUT2D eigenvalue weighted by Crippen LogP contribution is -2.00. The topological polar surface area (TPSA) is 78.8 Å². The highest BCUT2D eigenvalue weighted by Gasteiger charge is 2.27. The molecule has 25 heavy (non-hydrogen) atoms. The van der Waals surface area contributed by atoms with Gasteiger partial charge in [-0.15, -0.1) is 0 Å². The number of nitrogens with zero attached hydrogens (tertiary/aromatic N) is 4. The van der Waals surface area contributed by atoms with E-state index < -0.39 is 0 Å². The number of benzene rings is 1. The van der Waals surface area contributed by atoms with Gasteiger partial charge in [0.1, 0.15) is 5.75 Å². The molecule has 0 saturated heterocycles. The van der Waals surface area contributed by atoms with Gasteiger partial charge >= 0.3 is 0 Å². The summed E-state index contributed by atoms with van der Waals surface area (Å²) in [6.45, 7) is 0.406. The van der Waals surface area contributed by atoms with E-state index in [0.717, 1.165) is 16.8 Å². The van der Waals surface area contributed by atoms with Gasteiger partial charge in [-0.2, -0.15) is 5.10 Å². The SMILES string of the molecule is Cn1nc(C2CC2)cc1Oc1cc(Cl)ccc1-c1ncc(CN)cn1. The fourth-order valence-electron chi connectivity index (χ4n) is 2.62. The first-order valence-corrected chi connectivity index (χ1v) is 8.54. The van der Waals surface area contributed by atoms with Crippen molar-refractivity contribution in [1.29, 1.82) is 0 Å². The maximum absolute atomic E-state index is 6.16. The van der Waals surface area contributed by atoms with Crippen LogP contribution in [0, 0.1) is 0 Å². The molecule has 2 heterocycles. The monoisotopic (exact) mass is 355 g/mol. The normalized spacial score (nSPS) is 13.9. The molecule has 6 nitrogen and oxygen atoms in total. The van der Waals surface area contributed by atoms with Crippen LogP contribution in [-0.2, 0) is 13.6 Å². The first-order valence-electron chi connectivity index (χ1n) is 8.16. The van der Waals surface area contributed by atoms with Crippen molar-refractivity contribution < 1.29 is 4.74 Å². The molecule has 1 fully saturated rings. The molecule has 0 aliphatic heterocycles. The van der Waals surface area contributed by atoms with Crippen molar-refractivity contribution in [2.45, 2.75) is 25.3 Å². The molecular formula is C18H18ClN5O. The van der Waals surface area contributed by atoms with Gasteiger partial charge in [0.2, 0.25) is 5.88 Å². The van der Waals surface area contributed by atoms with Crippen molar-refractivity contribution in [2.24, 2.45) is 12.8 Å². The lowest BCUT2D eigenvalue weighted by Gasteiger charge is -2.11. The molecule has 0 amide bonds. The molecule has 3 aromatic rings. The molecule has 0 atom stereocenters. The van der Waals surface area contributed by atoms with Crippen LogP contribution in [0.4, 0.5) is 0 Å². The first kappa shape index (κ1) is 16.1. The molecule has 128 valence electrons. The van der Waals surface area contributed by atoms with Crippen LogP contribution in [0.25, 0.3) is 11.4 Å². The molecular weight excluding hydrogens is 338 g/mol. The number of hydrogen-bond acceptors (Lipinski definition) is 5. The summed E-state index contributed by atoms with van der Waals surface area (Å²) in [6.07, 6.45) is 5.83. The largest absolute Gasteiger partial charge is 0.438 e. The van der Waals surface area contributed by atoms with E-state index in [1.54, 1.807) is 29.2 Å². The molecule has 4 rings (SSSR count). The third kappa shape index (κ3) is 3.36. The van der Waals surface area contributed by atoms with E-state index in [4.69, 9.17) is 22.1 Å². The summed E-state index contributed by atoms with van der Waals surface area (Å²) in [5.74, 6) is 2.39. The minimum absolute atomic E-state index is 0.406. The fourth-order valence-corrected chi connectivity index (χ4v) is 2.78. The molecule has 0 unspecified atom stereocenters. The zero-order valence-corrected chi connectivity index (χ0v) is 14.6. The van der Waals surface area contributed by atoms with Crippen LogP contribution in [0.5, 0.6) is 11.6 Å². The van der Waals surface area contributed by atoms with Crippen LogP contribution >= 0.6 is 11.6 Å². The summed E-state index contributed by atoms with van der Waals surface area (Å²) < 4.78 is 7.85. The van der Waals surface area contributed by atoms with Gasteiger partial charge in [0.25, 0.3) is 0 Å². The summed E-state index contributed by atoms with van der Waals surface area (Å²) in [7, 11) is 1.87. The summed E-state index contributed by atoms with van der Waals surface area (Å²) in [5.41, 5.74) is 8.32. The Morgan fingerprint density at radius 2 is 2.00 bits per heavy atom. The number of ether oxygens (including phenoxy) is 1. The van der Waals surface area contributed by atoms with Gasteiger partial charge in [-0.3, -0.25) is 0 Å². The number of halogens is 1. The number of nitrogens with two attached hydrogens (primary N) is 1. The van der Waals surface area contributed by atoms with Gasteiger partial charge in [0, 0.05) is 54.6 Å². The molecule has 1 saturated carbocycles. The van der Waals surface area contributed by atoms with E-state index in [-0.39, 0.29) is 0 Å². The van der Waals surface area contributed by atoms with Gasteiger partial charge in [0.05, 0.1) is 11.3 Å². The molecule has 2 aromatic heterocycles. The van der Waals surface area contributed by atoms with Crippen LogP contribution in [0.3, 0.4) is 0 Å². The van der Waals surface area contributed by atoms with Crippen LogP contribution in [-0.4, -0.2) is 19.7 Å². The van der Waals surface area contributed by atoms with Crippen LogP contribution in [0.2, 0.25) is 5.02 Å². The summed E-state index contributed by atoms with van der Waals surface area (Å²) in [5, 5.41) is 5.11. The lowest BCUT2D eigenvalue weighted by atomic mass is 10.2. The lowest BCUT2D eigenvalue weighted by molar-refractivity contribution is 0.431. The average molecular weight is 356 g/mol. The highest BCUT2D eigenvalue weighted by Crippen LogP contribution is 2.41. The molecule has 0 radical (unpaired) electrons. The molecule has 1 aliphatic rings. The summed E-state index contributed by atoms with van der Waals surface area (Å²) in [6, 6.07) is 7.40. The van der Waals surface area contributed by atoms with Crippen LogP contribution < -0.4 is 10.5 Å². The molecule has 0 spiro atoms. The molecule has 0 bridgehead atoms. The third-order valence-corrected chi connectivity index (χ3v) is 4.43. The second kappa shape index (κ2) is 6.46. The van der Waals surface area contributed by atoms with E-state index >= 15 is 0 Å². The number of hydrogen-bond donors (Lipinski definition) is 1. The van der Waals surface area contributed by atoms with Crippen molar-refractivity contribution >= 4 is 11.6 Å². The van der Waals surface area contributed by atoms with Crippen molar-refractivity contribution in [3.05, 3.63) is 52.9 Å². The van der Waals surface area contributed by atoms with E-state index in [2.05, 4.69) is 15.1 Å². The van der Waals surface area contributed by atoms with Crippen molar-refractivity contribution in [3.8, 4) is 23.0 Å². The second-order valence-electron chi connectivity index (χ2n) is 6.17. The molecule has 1 aliphatic carbocycles. The number of rotatable bonds is 5. The Morgan fingerprint density at radius 1 is 1.24 bits per heavy atom. The average Bonchev–Trinajstić information content (AvgIpc) is 3.40. The zero-order chi connectivity index (χ0) is 17.4. The quantitative estimate of drug-likeness (QED) is 0.755. The maximum Gasteiger partial charge on any atom is 0.217 e. The van der Waals surface area contributed by atoms with Crippen LogP contribution in [0.15, 0.2) is 36.7 Å². The van der Waals surface area contributed by atoms with Crippen molar-refractivity contribution in [2.75, 3.05) is 0 Å². The van der Waals surface area contributed by atoms with Crippen molar-refractivity contribution in [3.63, 3.8) is 0 Å². The number of aryl methyl sites for hydroxylation is 1. The van der Waals surface area contributed by atoms with Gasteiger partial charge in [0.15, 0.2) is 5.82 Å². The summed E-state index contributed by atoms with van der Waals surface area (Å²) in [4.78, 5) is 8.76. The van der Waals surface area contributed by atoms with E-state index in [1.807, 2.05) is 19.2 Å². The second-order valence-corrected chi connectivity index (χ2v) is 6.60.